The van der Waals surface area contributed by atoms with Crippen molar-refractivity contribution < 1.29 is 9.53 Å². The summed E-state index contributed by atoms with van der Waals surface area (Å²) in [5, 5.41) is 0. The molecule has 0 saturated carbocycles. The number of aromatic nitrogens is 2. The Morgan fingerprint density at radius 2 is 1.36 bits per heavy atom. The van der Waals surface area contributed by atoms with Gasteiger partial charge in [0.25, 0.3) is 0 Å². The fourth-order valence-corrected chi connectivity index (χ4v) is 3.30. The zero-order chi connectivity index (χ0) is 17.3. The van der Waals surface area contributed by atoms with Crippen molar-refractivity contribution in [2.24, 2.45) is 0 Å². The molecule has 1 aliphatic rings. The van der Waals surface area contributed by atoms with E-state index < -0.39 is 5.60 Å². The van der Waals surface area contributed by atoms with E-state index in [4.69, 9.17) is 4.74 Å². The first-order chi connectivity index (χ1) is 12.2. The van der Waals surface area contributed by atoms with Crippen molar-refractivity contribution in [3.63, 3.8) is 0 Å². The molecule has 25 heavy (non-hydrogen) atoms. The van der Waals surface area contributed by atoms with Gasteiger partial charge in [-0.1, -0.05) is 42.5 Å². The number of rotatable bonds is 3. The van der Waals surface area contributed by atoms with Crippen LogP contribution in [0.3, 0.4) is 0 Å². The van der Waals surface area contributed by atoms with Gasteiger partial charge >= 0.3 is 5.97 Å². The topological polar surface area (TPSA) is 52.1 Å². The first-order valence-corrected chi connectivity index (χ1v) is 8.06. The molecule has 1 aromatic carbocycles. The molecule has 3 heterocycles. The van der Waals surface area contributed by atoms with Crippen LogP contribution in [0.25, 0.3) is 5.57 Å². The van der Waals surface area contributed by atoms with Crippen LogP contribution in [-0.2, 0) is 15.1 Å². The number of hydrogen-bond acceptors (Lipinski definition) is 4. The van der Waals surface area contributed by atoms with Crippen molar-refractivity contribution in [3.05, 3.63) is 102 Å². The summed E-state index contributed by atoms with van der Waals surface area (Å²) in [5.41, 5.74) is 2.37. The molecule has 4 nitrogen and oxygen atoms in total. The molecule has 0 amide bonds. The zero-order valence-corrected chi connectivity index (χ0v) is 13.7. The van der Waals surface area contributed by atoms with Gasteiger partial charge in [-0.15, -0.1) is 0 Å². The number of hydrogen-bond donors (Lipinski definition) is 0. The third-order valence-electron chi connectivity index (χ3n) is 4.47. The lowest BCUT2D eigenvalue weighted by Crippen LogP contribution is -2.32. The number of ether oxygens (including phenoxy) is 1. The Kier molecular flexibility index (Phi) is 3.65. The van der Waals surface area contributed by atoms with Gasteiger partial charge in [0, 0.05) is 12.4 Å². The fourth-order valence-electron chi connectivity index (χ4n) is 3.30. The minimum Gasteiger partial charge on any atom is -0.438 e. The zero-order valence-electron chi connectivity index (χ0n) is 13.7. The van der Waals surface area contributed by atoms with Crippen molar-refractivity contribution in [1.29, 1.82) is 0 Å². The highest BCUT2D eigenvalue weighted by atomic mass is 16.6. The molecule has 0 fully saturated rings. The van der Waals surface area contributed by atoms with E-state index in [2.05, 4.69) is 9.97 Å². The summed E-state index contributed by atoms with van der Waals surface area (Å²) in [6.45, 7) is 1.91. The largest absolute Gasteiger partial charge is 0.438 e. The molecule has 0 spiro atoms. The molecule has 0 N–H and O–H groups in total. The SMILES string of the molecule is CC1=C(c2ccccc2)C(=O)OC1(c1ccccn1)c1ccccn1. The van der Waals surface area contributed by atoms with Crippen LogP contribution < -0.4 is 0 Å². The Morgan fingerprint density at radius 3 is 1.88 bits per heavy atom. The van der Waals surface area contributed by atoms with Gasteiger partial charge in [0.15, 0.2) is 0 Å². The first kappa shape index (κ1) is 15.3. The van der Waals surface area contributed by atoms with E-state index in [9.17, 15) is 4.79 Å². The van der Waals surface area contributed by atoms with Gasteiger partial charge in [-0.3, -0.25) is 9.97 Å². The van der Waals surface area contributed by atoms with Crippen LogP contribution in [0.5, 0.6) is 0 Å². The Balaban J connectivity index is 2.00. The summed E-state index contributed by atoms with van der Waals surface area (Å²) in [4.78, 5) is 21.8. The van der Waals surface area contributed by atoms with Gasteiger partial charge in [0.1, 0.15) is 0 Å². The van der Waals surface area contributed by atoms with E-state index in [-0.39, 0.29) is 5.97 Å². The molecule has 0 unspecified atom stereocenters. The van der Waals surface area contributed by atoms with E-state index in [1.54, 1.807) is 12.4 Å². The van der Waals surface area contributed by atoms with E-state index >= 15 is 0 Å². The second kappa shape index (κ2) is 5.98. The Hall–Kier alpha value is -3.27. The molecule has 0 bridgehead atoms. The smallest absolute Gasteiger partial charge is 0.340 e. The summed E-state index contributed by atoms with van der Waals surface area (Å²) < 4.78 is 5.96. The lowest BCUT2D eigenvalue weighted by atomic mass is 9.84. The Bertz CT molecular complexity index is 896. The quantitative estimate of drug-likeness (QED) is 0.687. The predicted molar refractivity (Wildman–Crippen MR) is 94.4 cm³/mol. The van der Waals surface area contributed by atoms with Gasteiger partial charge in [0.05, 0.1) is 17.0 Å². The molecule has 4 heteroatoms. The summed E-state index contributed by atoms with van der Waals surface area (Å²) in [6.07, 6.45) is 3.39. The van der Waals surface area contributed by atoms with Gasteiger partial charge < -0.3 is 4.74 Å². The third kappa shape index (κ3) is 2.34. The summed E-state index contributed by atoms with van der Waals surface area (Å²) in [6, 6.07) is 20.7. The van der Waals surface area contributed by atoms with E-state index in [0.717, 1.165) is 11.1 Å². The highest BCUT2D eigenvalue weighted by Gasteiger charge is 2.50. The number of esters is 1. The van der Waals surface area contributed by atoms with E-state index in [0.29, 0.717) is 17.0 Å². The molecule has 3 aromatic rings. The van der Waals surface area contributed by atoms with Crippen molar-refractivity contribution in [1.82, 2.24) is 9.97 Å². The molecule has 1 aliphatic heterocycles. The second-order valence-corrected chi connectivity index (χ2v) is 5.87. The Morgan fingerprint density at radius 1 is 0.800 bits per heavy atom. The fraction of sp³-hybridized carbons (Fsp3) is 0.0952. The third-order valence-corrected chi connectivity index (χ3v) is 4.47. The molecule has 2 aromatic heterocycles. The highest BCUT2D eigenvalue weighted by molar-refractivity contribution is 6.20. The average molecular weight is 328 g/mol. The van der Waals surface area contributed by atoms with Crippen LogP contribution in [0, 0.1) is 0 Å². The van der Waals surface area contributed by atoms with Crippen molar-refractivity contribution in [2.45, 2.75) is 12.5 Å². The van der Waals surface area contributed by atoms with Crippen LogP contribution in [0.2, 0.25) is 0 Å². The van der Waals surface area contributed by atoms with Crippen molar-refractivity contribution >= 4 is 11.5 Å². The normalized spacial score (nSPS) is 16.0. The van der Waals surface area contributed by atoms with Crippen molar-refractivity contribution in [2.75, 3.05) is 0 Å². The van der Waals surface area contributed by atoms with Gasteiger partial charge in [0.2, 0.25) is 5.60 Å². The summed E-state index contributed by atoms with van der Waals surface area (Å²) in [5.74, 6) is -0.361. The molecule has 4 rings (SSSR count). The highest BCUT2D eigenvalue weighted by Crippen LogP contribution is 2.47. The molecular formula is C21H16N2O2. The molecule has 0 aliphatic carbocycles. The van der Waals surface area contributed by atoms with Gasteiger partial charge in [-0.05, 0) is 42.3 Å². The summed E-state index contributed by atoms with van der Waals surface area (Å²) >= 11 is 0. The maximum absolute atomic E-state index is 12.8. The summed E-state index contributed by atoms with van der Waals surface area (Å²) in [7, 11) is 0. The maximum atomic E-state index is 12.8. The number of carbonyl (C=O) groups is 1. The van der Waals surface area contributed by atoms with Crippen molar-refractivity contribution in [3.8, 4) is 0 Å². The molecule has 0 radical (unpaired) electrons. The van der Waals surface area contributed by atoms with Crippen LogP contribution in [-0.4, -0.2) is 15.9 Å². The Labute approximate surface area is 145 Å². The predicted octanol–water partition coefficient (Wildman–Crippen LogP) is 3.75. The molecule has 0 saturated heterocycles. The number of nitrogens with zero attached hydrogens (tertiary/aromatic N) is 2. The molecule has 0 atom stereocenters. The van der Waals surface area contributed by atoms with Crippen LogP contribution in [0.1, 0.15) is 23.9 Å². The maximum Gasteiger partial charge on any atom is 0.340 e. The van der Waals surface area contributed by atoms with E-state index in [1.807, 2.05) is 73.7 Å². The monoisotopic (exact) mass is 328 g/mol. The molecule has 122 valence electrons. The second-order valence-electron chi connectivity index (χ2n) is 5.87. The molecular weight excluding hydrogens is 312 g/mol. The van der Waals surface area contributed by atoms with Crippen LogP contribution in [0.4, 0.5) is 0 Å². The number of benzene rings is 1. The van der Waals surface area contributed by atoms with Gasteiger partial charge in [-0.25, -0.2) is 4.79 Å². The number of pyridine rings is 2. The number of cyclic esters (lactones) is 1. The lowest BCUT2D eigenvalue weighted by Gasteiger charge is -2.28. The van der Waals surface area contributed by atoms with E-state index in [1.165, 1.54) is 0 Å². The first-order valence-electron chi connectivity index (χ1n) is 8.06. The minimum absolute atomic E-state index is 0.361. The minimum atomic E-state index is -1.11. The van der Waals surface area contributed by atoms with Crippen LogP contribution >= 0.6 is 0 Å². The lowest BCUT2D eigenvalue weighted by molar-refractivity contribution is -0.143. The number of carbonyl (C=O) groups excluding carboxylic acids is 1. The van der Waals surface area contributed by atoms with Gasteiger partial charge in [-0.2, -0.15) is 0 Å². The average Bonchev–Trinajstić information content (AvgIpc) is 2.95. The van der Waals surface area contributed by atoms with Crippen LogP contribution in [0.15, 0.2) is 84.7 Å². The standard InChI is InChI=1S/C21H16N2O2/c1-15-19(16-9-3-2-4-10-16)20(24)25-21(15,17-11-5-7-13-22-17)18-12-6-8-14-23-18/h2-14H,1H3.